The fourth-order valence-corrected chi connectivity index (χ4v) is 2.61. The van der Waals surface area contributed by atoms with E-state index in [9.17, 15) is 0 Å². The maximum Gasteiger partial charge on any atom is -0.0353 e. The third kappa shape index (κ3) is 12.4. The molecule has 0 radical (unpaired) electrons. The van der Waals surface area contributed by atoms with Crippen LogP contribution in [0.5, 0.6) is 0 Å². The van der Waals surface area contributed by atoms with Crippen LogP contribution in [0.25, 0.3) is 0 Å². The van der Waals surface area contributed by atoms with Crippen molar-refractivity contribution < 1.29 is 0 Å². The summed E-state index contributed by atoms with van der Waals surface area (Å²) in [5.74, 6) is 0. The van der Waals surface area contributed by atoms with Gasteiger partial charge in [0.25, 0.3) is 0 Å². The SMILES string of the molecule is CCCCCCCCCPCCC. The van der Waals surface area contributed by atoms with E-state index in [-0.39, 0.29) is 0 Å². The molecule has 0 saturated carbocycles. The van der Waals surface area contributed by atoms with Gasteiger partial charge in [0.15, 0.2) is 0 Å². The highest BCUT2D eigenvalue weighted by atomic mass is 31.1. The maximum atomic E-state index is 2.29. The van der Waals surface area contributed by atoms with Crippen LogP contribution in [0.4, 0.5) is 0 Å². The molecule has 0 aromatic rings. The van der Waals surface area contributed by atoms with Gasteiger partial charge < -0.3 is 0 Å². The summed E-state index contributed by atoms with van der Waals surface area (Å²) < 4.78 is 0. The predicted octanol–water partition coefficient (Wildman–Crippen LogP) is 4.83. The Bertz CT molecular complexity index is 71.2. The van der Waals surface area contributed by atoms with Crippen LogP contribution in [0.15, 0.2) is 0 Å². The van der Waals surface area contributed by atoms with Crippen molar-refractivity contribution in [2.75, 3.05) is 12.3 Å². The van der Waals surface area contributed by atoms with Gasteiger partial charge in [0.1, 0.15) is 0 Å². The molecule has 13 heavy (non-hydrogen) atoms. The summed E-state index contributed by atoms with van der Waals surface area (Å²) >= 11 is 0. The standard InChI is InChI=1S/C12H27P/c1-3-5-6-7-8-9-10-12-13-11-4-2/h13H,3-12H2,1-2H3. The monoisotopic (exact) mass is 202 g/mol. The second-order valence-electron chi connectivity index (χ2n) is 3.87. The summed E-state index contributed by atoms with van der Waals surface area (Å²) in [6.45, 7) is 4.57. The van der Waals surface area contributed by atoms with Gasteiger partial charge in [-0.2, -0.15) is 0 Å². The van der Waals surface area contributed by atoms with Crippen LogP contribution in [0, 0.1) is 0 Å². The molecule has 0 bridgehead atoms. The van der Waals surface area contributed by atoms with E-state index >= 15 is 0 Å². The summed E-state index contributed by atoms with van der Waals surface area (Å²) in [5.41, 5.74) is 0. The molecule has 0 aliphatic carbocycles. The zero-order valence-corrected chi connectivity index (χ0v) is 10.6. The molecular weight excluding hydrogens is 175 g/mol. The van der Waals surface area contributed by atoms with Gasteiger partial charge in [-0.1, -0.05) is 58.8 Å². The molecule has 0 aliphatic rings. The molecule has 0 saturated heterocycles. The molecule has 0 amide bonds. The molecule has 80 valence electrons. The molecule has 0 fully saturated rings. The summed E-state index contributed by atoms with van der Waals surface area (Å²) in [6, 6.07) is 0. The number of unbranched alkanes of at least 4 members (excludes halogenated alkanes) is 6. The molecule has 0 aliphatic heterocycles. The molecule has 0 nitrogen and oxygen atoms in total. The van der Waals surface area contributed by atoms with Gasteiger partial charge in [-0.05, 0) is 18.7 Å². The Morgan fingerprint density at radius 1 is 0.615 bits per heavy atom. The lowest BCUT2D eigenvalue weighted by atomic mass is 10.1. The first kappa shape index (κ1) is 13.4. The van der Waals surface area contributed by atoms with Gasteiger partial charge in [-0.25, -0.2) is 0 Å². The summed E-state index contributed by atoms with van der Waals surface area (Å²) in [4.78, 5) is 0. The summed E-state index contributed by atoms with van der Waals surface area (Å²) in [7, 11) is 1.24. The Morgan fingerprint density at radius 2 is 1.23 bits per heavy atom. The van der Waals surface area contributed by atoms with Crippen LogP contribution < -0.4 is 0 Å². The molecule has 0 spiro atoms. The van der Waals surface area contributed by atoms with Crippen molar-refractivity contribution in [3.05, 3.63) is 0 Å². The van der Waals surface area contributed by atoms with Gasteiger partial charge in [0.2, 0.25) is 0 Å². The van der Waals surface area contributed by atoms with E-state index in [1.807, 2.05) is 0 Å². The van der Waals surface area contributed by atoms with Gasteiger partial charge >= 0.3 is 0 Å². The fourth-order valence-electron chi connectivity index (χ4n) is 1.51. The van der Waals surface area contributed by atoms with Crippen molar-refractivity contribution in [1.29, 1.82) is 0 Å². The third-order valence-corrected chi connectivity index (χ3v) is 3.94. The molecule has 0 aromatic carbocycles. The van der Waals surface area contributed by atoms with E-state index in [0.29, 0.717) is 0 Å². The maximum absolute atomic E-state index is 2.29. The lowest BCUT2D eigenvalue weighted by Crippen LogP contribution is -1.82. The van der Waals surface area contributed by atoms with Gasteiger partial charge in [-0.15, -0.1) is 8.58 Å². The predicted molar refractivity (Wildman–Crippen MR) is 66.3 cm³/mol. The van der Waals surface area contributed by atoms with Crippen LogP contribution >= 0.6 is 8.58 Å². The average Bonchev–Trinajstić information content (AvgIpc) is 2.16. The van der Waals surface area contributed by atoms with Crippen molar-refractivity contribution in [1.82, 2.24) is 0 Å². The minimum atomic E-state index is 1.24. The first-order valence-corrected chi connectivity index (χ1v) is 7.54. The second kappa shape index (κ2) is 12.4. The largest absolute Gasteiger partial charge is 0.122 e. The topological polar surface area (TPSA) is 0 Å². The fraction of sp³-hybridized carbons (Fsp3) is 1.00. The van der Waals surface area contributed by atoms with Gasteiger partial charge in [-0.3, -0.25) is 0 Å². The number of rotatable bonds is 10. The molecule has 0 heterocycles. The van der Waals surface area contributed by atoms with Crippen molar-refractivity contribution in [3.63, 3.8) is 0 Å². The van der Waals surface area contributed by atoms with Gasteiger partial charge in [0, 0.05) is 0 Å². The Labute approximate surface area is 86.7 Å². The minimum absolute atomic E-state index is 1.24. The van der Waals surface area contributed by atoms with Crippen LogP contribution in [0.2, 0.25) is 0 Å². The molecular formula is C12H27P. The highest BCUT2D eigenvalue weighted by Crippen LogP contribution is 2.15. The van der Waals surface area contributed by atoms with E-state index in [0.717, 1.165) is 0 Å². The lowest BCUT2D eigenvalue weighted by Gasteiger charge is -2.01. The van der Waals surface area contributed by atoms with Crippen LogP contribution in [-0.2, 0) is 0 Å². The summed E-state index contributed by atoms with van der Waals surface area (Å²) in [5, 5.41) is 0. The van der Waals surface area contributed by atoms with Crippen molar-refractivity contribution >= 4 is 8.58 Å². The van der Waals surface area contributed by atoms with E-state index in [1.54, 1.807) is 0 Å². The zero-order valence-electron chi connectivity index (χ0n) is 9.57. The lowest BCUT2D eigenvalue weighted by molar-refractivity contribution is 0.603. The zero-order chi connectivity index (χ0) is 9.78. The Hall–Kier alpha value is 0.430. The highest BCUT2D eigenvalue weighted by molar-refractivity contribution is 7.37. The van der Waals surface area contributed by atoms with Crippen molar-refractivity contribution in [3.8, 4) is 0 Å². The van der Waals surface area contributed by atoms with Crippen LogP contribution in [0.1, 0.15) is 65.2 Å². The van der Waals surface area contributed by atoms with E-state index < -0.39 is 0 Å². The van der Waals surface area contributed by atoms with Crippen LogP contribution in [-0.4, -0.2) is 12.3 Å². The van der Waals surface area contributed by atoms with E-state index in [1.165, 1.54) is 72.3 Å². The Balaban J connectivity index is 2.76. The number of hydrogen-bond donors (Lipinski definition) is 0. The molecule has 0 N–H and O–H groups in total. The summed E-state index contributed by atoms with van der Waals surface area (Å²) in [6.07, 6.45) is 14.6. The van der Waals surface area contributed by atoms with Crippen LogP contribution in [0.3, 0.4) is 0 Å². The normalized spacial score (nSPS) is 11.5. The van der Waals surface area contributed by atoms with E-state index in [4.69, 9.17) is 0 Å². The molecule has 1 unspecified atom stereocenters. The van der Waals surface area contributed by atoms with Crippen molar-refractivity contribution in [2.45, 2.75) is 65.2 Å². The number of hydrogen-bond acceptors (Lipinski definition) is 0. The highest BCUT2D eigenvalue weighted by Gasteiger charge is 1.90. The smallest absolute Gasteiger partial charge is 0.0353 e. The molecule has 1 atom stereocenters. The molecule has 0 rings (SSSR count). The second-order valence-corrected chi connectivity index (χ2v) is 5.37. The van der Waals surface area contributed by atoms with Gasteiger partial charge in [0.05, 0.1) is 0 Å². The quantitative estimate of drug-likeness (QED) is 0.352. The molecule has 0 aromatic heterocycles. The first-order valence-electron chi connectivity index (χ1n) is 6.12. The first-order chi connectivity index (χ1) is 6.41. The van der Waals surface area contributed by atoms with E-state index in [2.05, 4.69) is 13.8 Å². The average molecular weight is 202 g/mol. The minimum Gasteiger partial charge on any atom is -0.122 e. The Morgan fingerprint density at radius 3 is 1.85 bits per heavy atom. The Kier molecular flexibility index (Phi) is 12.8. The van der Waals surface area contributed by atoms with Crippen molar-refractivity contribution in [2.24, 2.45) is 0 Å². The molecule has 1 heteroatoms. The third-order valence-electron chi connectivity index (χ3n) is 2.38.